The molecule has 0 aliphatic carbocycles. The maximum atomic E-state index is 9.88. The molecule has 0 radical (unpaired) electrons. The summed E-state index contributed by atoms with van der Waals surface area (Å²) in [6.07, 6.45) is 2.09. The van der Waals surface area contributed by atoms with Gasteiger partial charge in [-0.05, 0) is 50.5 Å². The predicted molar refractivity (Wildman–Crippen MR) is 91.5 cm³/mol. The van der Waals surface area contributed by atoms with Gasteiger partial charge in [0.15, 0.2) is 0 Å². The zero-order chi connectivity index (χ0) is 15.3. The Morgan fingerprint density at radius 2 is 1.81 bits per heavy atom. The van der Waals surface area contributed by atoms with E-state index in [1.807, 2.05) is 18.2 Å². The van der Waals surface area contributed by atoms with E-state index in [1.54, 1.807) is 6.07 Å². The van der Waals surface area contributed by atoms with E-state index in [-0.39, 0.29) is 5.54 Å². The summed E-state index contributed by atoms with van der Waals surface area (Å²) in [4.78, 5) is 0. The van der Waals surface area contributed by atoms with Crippen LogP contribution in [0.1, 0.15) is 31.4 Å². The van der Waals surface area contributed by atoms with E-state index in [0.29, 0.717) is 12.3 Å². The molecule has 3 heteroatoms. The van der Waals surface area contributed by atoms with Gasteiger partial charge in [-0.1, -0.05) is 46.3 Å². The molecule has 2 N–H and O–H groups in total. The topological polar surface area (TPSA) is 32.3 Å². The van der Waals surface area contributed by atoms with Gasteiger partial charge in [0.2, 0.25) is 0 Å². The van der Waals surface area contributed by atoms with Crippen molar-refractivity contribution >= 4 is 15.9 Å². The molecular weight excluding hydrogens is 326 g/mol. The first kappa shape index (κ1) is 16.1. The number of phenolic OH excluding ortho intramolecular Hbond substituents is 1. The monoisotopic (exact) mass is 347 g/mol. The minimum Gasteiger partial charge on any atom is -0.508 e. The summed E-state index contributed by atoms with van der Waals surface area (Å²) in [5.74, 6) is 0.338. The van der Waals surface area contributed by atoms with Crippen LogP contribution in [0.4, 0.5) is 0 Å². The maximum Gasteiger partial charge on any atom is 0.120 e. The Bertz CT molecular complexity index is 581. The number of nitrogens with one attached hydrogen (secondary N) is 1. The minimum absolute atomic E-state index is 0.0185. The highest BCUT2D eigenvalue weighted by molar-refractivity contribution is 9.10. The van der Waals surface area contributed by atoms with Crippen molar-refractivity contribution in [3.63, 3.8) is 0 Å². The van der Waals surface area contributed by atoms with Crippen molar-refractivity contribution in [2.24, 2.45) is 0 Å². The van der Waals surface area contributed by atoms with Gasteiger partial charge in [0, 0.05) is 22.1 Å². The van der Waals surface area contributed by atoms with Crippen LogP contribution in [0.3, 0.4) is 0 Å². The van der Waals surface area contributed by atoms with Crippen LogP contribution in [0, 0.1) is 0 Å². The van der Waals surface area contributed by atoms with Gasteiger partial charge >= 0.3 is 0 Å². The van der Waals surface area contributed by atoms with Gasteiger partial charge < -0.3 is 10.4 Å². The number of halogens is 1. The molecule has 21 heavy (non-hydrogen) atoms. The molecule has 0 aliphatic rings. The van der Waals surface area contributed by atoms with E-state index in [4.69, 9.17) is 0 Å². The smallest absolute Gasteiger partial charge is 0.120 e. The Kier molecular flexibility index (Phi) is 5.43. The van der Waals surface area contributed by atoms with Gasteiger partial charge in [0.05, 0.1) is 0 Å². The molecule has 0 bridgehead atoms. The first-order valence-corrected chi connectivity index (χ1v) is 8.02. The van der Waals surface area contributed by atoms with Crippen LogP contribution in [-0.2, 0) is 13.0 Å². The first-order valence-electron chi connectivity index (χ1n) is 7.23. The third-order valence-corrected chi connectivity index (χ3v) is 4.17. The lowest BCUT2D eigenvalue weighted by Gasteiger charge is -2.27. The Hall–Kier alpha value is -1.32. The van der Waals surface area contributed by atoms with Crippen LogP contribution >= 0.6 is 15.9 Å². The van der Waals surface area contributed by atoms with Crippen LogP contribution in [-0.4, -0.2) is 10.6 Å². The quantitative estimate of drug-likeness (QED) is 0.796. The Morgan fingerprint density at radius 3 is 2.52 bits per heavy atom. The molecule has 0 saturated heterocycles. The normalized spacial score (nSPS) is 11.6. The number of rotatable bonds is 6. The molecule has 2 aromatic rings. The molecule has 0 atom stereocenters. The van der Waals surface area contributed by atoms with Gasteiger partial charge in [0.1, 0.15) is 5.75 Å². The Balaban J connectivity index is 1.90. The molecule has 112 valence electrons. The lowest BCUT2D eigenvalue weighted by Crippen LogP contribution is -2.39. The highest BCUT2D eigenvalue weighted by Crippen LogP contribution is 2.23. The number of phenols is 1. The van der Waals surface area contributed by atoms with E-state index < -0.39 is 0 Å². The zero-order valence-corrected chi connectivity index (χ0v) is 14.2. The zero-order valence-electron chi connectivity index (χ0n) is 12.6. The molecule has 2 rings (SSSR count). The minimum atomic E-state index is 0.0185. The van der Waals surface area contributed by atoms with Crippen molar-refractivity contribution < 1.29 is 5.11 Å². The summed E-state index contributed by atoms with van der Waals surface area (Å²) in [7, 11) is 0. The molecule has 2 aromatic carbocycles. The summed E-state index contributed by atoms with van der Waals surface area (Å²) in [5, 5.41) is 13.4. The van der Waals surface area contributed by atoms with E-state index in [9.17, 15) is 5.11 Å². The average molecular weight is 348 g/mol. The van der Waals surface area contributed by atoms with E-state index in [2.05, 4.69) is 59.4 Å². The van der Waals surface area contributed by atoms with Crippen LogP contribution in [0.25, 0.3) is 0 Å². The fraction of sp³-hybridized carbons (Fsp3) is 0.333. The molecular formula is C18H22BrNO. The Labute approximate surface area is 135 Å². The highest BCUT2D eigenvalue weighted by atomic mass is 79.9. The predicted octanol–water partition coefficient (Wildman–Crippen LogP) is 4.66. The molecule has 0 fully saturated rings. The molecule has 0 amide bonds. The van der Waals surface area contributed by atoms with Crippen molar-refractivity contribution in [1.29, 1.82) is 0 Å². The molecule has 2 nitrogen and oxygen atoms in total. The van der Waals surface area contributed by atoms with Crippen LogP contribution in [0.15, 0.2) is 53.0 Å². The van der Waals surface area contributed by atoms with Crippen molar-refractivity contribution in [3.05, 3.63) is 64.1 Å². The van der Waals surface area contributed by atoms with Crippen molar-refractivity contribution in [3.8, 4) is 5.75 Å². The number of benzene rings is 2. The molecule has 0 spiro atoms. The first-order chi connectivity index (χ1) is 9.96. The average Bonchev–Trinajstić information content (AvgIpc) is 2.47. The molecule has 0 aliphatic heterocycles. The SMILES string of the molecule is CC(C)(CCc1ccccc1)NCc1cc(Br)ccc1O. The fourth-order valence-corrected chi connectivity index (χ4v) is 2.63. The second-order valence-corrected chi connectivity index (χ2v) is 6.91. The molecule has 0 saturated carbocycles. The Morgan fingerprint density at radius 1 is 1.10 bits per heavy atom. The lowest BCUT2D eigenvalue weighted by molar-refractivity contribution is 0.356. The largest absolute Gasteiger partial charge is 0.508 e. The third kappa shape index (κ3) is 5.18. The van der Waals surface area contributed by atoms with E-state index in [1.165, 1.54) is 5.56 Å². The van der Waals surface area contributed by atoms with Crippen molar-refractivity contribution in [2.75, 3.05) is 0 Å². The summed E-state index contributed by atoms with van der Waals surface area (Å²) in [6.45, 7) is 5.06. The van der Waals surface area contributed by atoms with Gasteiger partial charge in [0.25, 0.3) is 0 Å². The second-order valence-electron chi connectivity index (χ2n) is 6.00. The fourth-order valence-electron chi connectivity index (χ4n) is 2.22. The van der Waals surface area contributed by atoms with Gasteiger partial charge in [-0.15, -0.1) is 0 Å². The molecule has 0 unspecified atom stereocenters. The number of aromatic hydroxyl groups is 1. The van der Waals surface area contributed by atoms with Gasteiger partial charge in [-0.25, -0.2) is 0 Å². The lowest BCUT2D eigenvalue weighted by atomic mass is 9.95. The summed E-state index contributed by atoms with van der Waals surface area (Å²) >= 11 is 3.44. The third-order valence-electron chi connectivity index (χ3n) is 3.68. The standard InChI is InChI=1S/C18H22BrNO/c1-18(2,11-10-14-6-4-3-5-7-14)20-13-15-12-16(19)8-9-17(15)21/h3-9,12,20-21H,10-11,13H2,1-2H3. The van der Waals surface area contributed by atoms with Crippen LogP contribution in [0.5, 0.6) is 5.75 Å². The van der Waals surface area contributed by atoms with Crippen molar-refractivity contribution in [2.45, 2.75) is 38.8 Å². The second kappa shape index (κ2) is 7.10. The van der Waals surface area contributed by atoms with E-state index in [0.717, 1.165) is 22.9 Å². The number of aryl methyl sites for hydroxylation is 1. The van der Waals surface area contributed by atoms with Gasteiger partial charge in [-0.2, -0.15) is 0 Å². The molecule has 0 heterocycles. The van der Waals surface area contributed by atoms with Crippen LogP contribution in [0.2, 0.25) is 0 Å². The number of hydrogen-bond donors (Lipinski definition) is 2. The van der Waals surface area contributed by atoms with Gasteiger partial charge in [-0.3, -0.25) is 0 Å². The number of hydrogen-bond acceptors (Lipinski definition) is 2. The summed E-state index contributed by atoms with van der Waals surface area (Å²) < 4.78 is 0.985. The maximum absolute atomic E-state index is 9.88. The van der Waals surface area contributed by atoms with Crippen molar-refractivity contribution in [1.82, 2.24) is 5.32 Å². The van der Waals surface area contributed by atoms with E-state index >= 15 is 0 Å². The summed E-state index contributed by atoms with van der Waals surface area (Å²) in [5.41, 5.74) is 2.29. The van der Waals surface area contributed by atoms with Crippen LogP contribution < -0.4 is 5.32 Å². The molecule has 0 aromatic heterocycles. The summed E-state index contributed by atoms with van der Waals surface area (Å²) in [6, 6.07) is 16.0. The highest BCUT2D eigenvalue weighted by Gasteiger charge is 2.17.